The van der Waals surface area contributed by atoms with Gasteiger partial charge in [0.05, 0.1) is 13.7 Å². The van der Waals surface area contributed by atoms with Crippen LogP contribution in [-0.4, -0.2) is 20.2 Å². The highest BCUT2D eigenvalue weighted by Gasteiger charge is 2.06. The molecule has 0 atom stereocenters. The molecule has 0 bridgehead atoms. The van der Waals surface area contributed by atoms with Gasteiger partial charge in [0.2, 0.25) is 0 Å². The standard InChI is InChI=1S/C12H15BrO3/c1-15-8-10-7-11(13)5-3-9(10)4-6-12(14)16-2/h3,5,7H,4,6,8H2,1-2H3. The molecule has 0 saturated carbocycles. The van der Waals surface area contributed by atoms with E-state index >= 15 is 0 Å². The van der Waals surface area contributed by atoms with Gasteiger partial charge in [-0.3, -0.25) is 4.79 Å². The lowest BCUT2D eigenvalue weighted by molar-refractivity contribution is -0.140. The first-order chi connectivity index (χ1) is 7.67. The van der Waals surface area contributed by atoms with Gasteiger partial charge in [0.25, 0.3) is 0 Å². The van der Waals surface area contributed by atoms with Crippen molar-refractivity contribution in [1.29, 1.82) is 0 Å². The van der Waals surface area contributed by atoms with Crippen LogP contribution in [0.5, 0.6) is 0 Å². The van der Waals surface area contributed by atoms with E-state index in [1.54, 1.807) is 7.11 Å². The molecular weight excluding hydrogens is 272 g/mol. The Bertz CT molecular complexity index is 363. The summed E-state index contributed by atoms with van der Waals surface area (Å²) in [7, 11) is 3.06. The zero-order valence-electron chi connectivity index (χ0n) is 9.46. The number of carbonyl (C=O) groups is 1. The molecule has 3 nitrogen and oxygen atoms in total. The minimum atomic E-state index is -0.189. The number of ether oxygens (including phenoxy) is 2. The summed E-state index contributed by atoms with van der Waals surface area (Å²) in [5.74, 6) is -0.189. The molecule has 0 saturated heterocycles. The van der Waals surface area contributed by atoms with E-state index in [-0.39, 0.29) is 5.97 Å². The van der Waals surface area contributed by atoms with E-state index in [0.29, 0.717) is 19.4 Å². The van der Waals surface area contributed by atoms with Crippen LogP contribution in [0.4, 0.5) is 0 Å². The summed E-state index contributed by atoms with van der Waals surface area (Å²) in [5.41, 5.74) is 2.22. The third kappa shape index (κ3) is 3.94. The fourth-order valence-electron chi connectivity index (χ4n) is 1.47. The number of benzene rings is 1. The molecule has 0 aliphatic carbocycles. The molecule has 0 aliphatic heterocycles. The first-order valence-electron chi connectivity index (χ1n) is 5.00. The van der Waals surface area contributed by atoms with Gasteiger partial charge >= 0.3 is 5.97 Å². The molecule has 0 aliphatic rings. The lowest BCUT2D eigenvalue weighted by Gasteiger charge is -2.08. The van der Waals surface area contributed by atoms with Crippen molar-refractivity contribution < 1.29 is 14.3 Å². The SMILES string of the molecule is COCc1cc(Br)ccc1CCC(=O)OC. The van der Waals surface area contributed by atoms with Crippen molar-refractivity contribution >= 4 is 21.9 Å². The zero-order chi connectivity index (χ0) is 12.0. The minimum Gasteiger partial charge on any atom is -0.469 e. The summed E-state index contributed by atoms with van der Waals surface area (Å²) in [4.78, 5) is 11.1. The number of hydrogen-bond donors (Lipinski definition) is 0. The normalized spacial score (nSPS) is 10.2. The van der Waals surface area contributed by atoms with Crippen molar-refractivity contribution in [1.82, 2.24) is 0 Å². The maximum atomic E-state index is 11.1. The third-order valence-electron chi connectivity index (χ3n) is 2.29. The van der Waals surface area contributed by atoms with Crippen LogP contribution in [0.25, 0.3) is 0 Å². The van der Waals surface area contributed by atoms with Gasteiger partial charge in [-0.15, -0.1) is 0 Å². The Morgan fingerprint density at radius 1 is 1.31 bits per heavy atom. The smallest absolute Gasteiger partial charge is 0.305 e. The fourth-order valence-corrected chi connectivity index (χ4v) is 1.88. The van der Waals surface area contributed by atoms with E-state index < -0.39 is 0 Å². The Hall–Kier alpha value is -0.870. The summed E-state index contributed by atoms with van der Waals surface area (Å²) < 4.78 is 10.8. The first-order valence-corrected chi connectivity index (χ1v) is 5.79. The first kappa shape index (κ1) is 13.2. The van der Waals surface area contributed by atoms with Crippen LogP contribution in [0.15, 0.2) is 22.7 Å². The predicted octanol–water partition coefficient (Wildman–Crippen LogP) is 2.70. The van der Waals surface area contributed by atoms with Crippen molar-refractivity contribution in [3.63, 3.8) is 0 Å². The Labute approximate surface area is 104 Å². The van der Waals surface area contributed by atoms with Crippen LogP contribution >= 0.6 is 15.9 Å². The largest absolute Gasteiger partial charge is 0.469 e. The topological polar surface area (TPSA) is 35.5 Å². The fraction of sp³-hybridized carbons (Fsp3) is 0.417. The molecule has 4 heteroatoms. The van der Waals surface area contributed by atoms with E-state index in [9.17, 15) is 4.79 Å². The van der Waals surface area contributed by atoms with E-state index in [0.717, 1.165) is 15.6 Å². The molecule has 0 radical (unpaired) electrons. The van der Waals surface area contributed by atoms with Gasteiger partial charge in [0.1, 0.15) is 0 Å². The maximum Gasteiger partial charge on any atom is 0.305 e. The second-order valence-corrected chi connectivity index (χ2v) is 4.34. The zero-order valence-corrected chi connectivity index (χ0v) is 11.0. The molecule has 88 valence electrons. The van der Waals surface area contributed by atoms with Crippen LogP contribution in [0, 0.1) is 0 Å². The highest BCUT2D eigenvalue weighted by Crippen LogP contribution is 2.19. The van der Waals surface area contributed by atoms with Gasteiger partial charge in [-0.05, 0) is 29.7 Å². The maximum absolute atomic E-state index is 11.1. The van der Waals surface area contributed by atoms with E-state index in [2.05, 4.69) is 20.7 Å². The van der Waals surface area contributed by atoms with Crippen LogP contribution in [-0.2, 0) is 27.3 Å². The number of rotatable bonds is 5. The molecule has 1 aromatic rings. The molecule has 16 heavy (non-hydrogen) atoms. The molecule has 0 spiro atoms. The van der Waals surface area contributed by atoms with E-state index in [1.807, 2.05) is 18.2 Å². The highest BCUT2D eigenvalue weighted by atomic mass is 79.9. The van der Waals surface area contributed by atoms with Crippen molar-refractivity contribution in [2.24, 2.45) is 0 Å². The number of carbonyl (C=O) groups excluding carboxylic acids is 1. The second kappa shape index (κ2) is 6.66. The van der Waals surface area contributed by atoms with Crippen LogP contribution < -0.4 is 0 Å². The Morgan fingerprint density at radius 2 is 2.06 bits per heavy atom. The molecule has 0 aromatic heterocycles. The Kier molecular flexibility index (Phi) is 5.49. The van der Waals surface area contributed by atoms with Crippen LogP contribution in [0.1, 0.15) is 17.5 Å². The summed E-state index contributed by atoms with van der Waals surface area (Å²) >= 11 is 3.41. The molecule has 0 fully saturated rings. The second-order valence-electron chi connectivity index (χ2n) is 3.42. The summed E-state index contributed by atoms with van der Waals surface area (Å²) in [6.45, 7) is 0.552. The molecule has 0 N–H and O–H groups in total. The van der Waals surface area contributed by atoms with Gasteiger partial charge in [-0.25, -0.2) is 0 Å². The average Bonchev–Trinajstić information content (AvgIpc) is 2.28. The number of methoxy groups -OCH3 is 2. The summed E-state index contributed by atoms with van der Waals surface area (Å²) in [6.07, 6.45) is 1.08. The van der Waals surface area contributed by atoms with Crippen LogP contribution in [0.3, 0.4) is 0 Å². The van der Waals surface area contributed by atoms with Crippen molar-refractivity contribution in [2.75, 3.05) is 14.2 Å². The molecule has 1 aromatic carbocycles. The van der Waals surface area contributed by atoms with Gasteiger partial charge in [-0.2, -0.15) is 0 Å². The molecule has 0 amide bonds. The summed E-state index contributed by atoms with van der Waals surface area (Å²) in [5, 5.41) is 0. The van der Waals surface area contributed by atoms with Gasteiger partial charge < -0.3 is 9.47 Å². The van der Waals surface area contributed by atoms with Gasteiger partial charge in [-0.1, -0.05) is 22.0 Å². The lowest BCUT2D eigenvalue weighted by Crippen LogP contribution is -2.04. The quantitative estimate of drug-likeness (QED) is 0.781. The van der Waals surface area contributed by atoms with E-state index in [1.165, 1.54) is 7.11 Å². The minimum absolute atomic E-state index is 0.189. The van der Waals surface area contributed by atoms with Crippen molar-refractivity contribution in [3.05, 3.63) is 33.8 Å². The summed E-state index contributed by atoms with van der Waals surface area (Å²) in [6, 6.07) is 5.98. The van der Waals surface area contributed by atoms with Crippen molar-refractivity contribution in [2.45, 2.75) is 19.4 Å². The number of halogens is 1. The van der Waals surface area contributed by atoms with Crippen LogP contribution in [0.2, 0.25) is 0 Å². The van der Waals surface area contributed by atoms with Gasteiger partial charge in [0.15, 0.2) is 0 Å². The molecule has 0 heterocycles. The monoisotopic (exact) mass is 286 g/mol. The molecule has 0 unspecified atom stereocenters. The average molecular weight is 287 g/mol. The third-order valence-corrected chi connectivity index (χ3v) is 2.79. The Morgan fingerprint density at radius 3 is 2.69 bits per heavy atom. The van der Waals surface area contributed by atoms with Gasteiger partial charge in [0, 0.05) is 18.0 Å². The molecule has 1 rings (SSSR count). The lowest BCUT2D eigenvalue weighted by atomic mass is 10.0. The number of hydrogen-bond acceptors (Lipinski definition) is 3. The number of esters is 1. The predicted molar refractivity (Wildman–Crippen MR) is 65.2 cm³/mol. The number of aryl methyl sites for hydroxylation is 1. The van der Waals surface area contributed by atoms with E-state index in [4.69, 9.17) is 4.74 Å². The highest BCUT2D eigenvalue weighted by molar-refractivity contribution is 9.10. The molecular formula is C12H15BrO3. The Balaban J connectivity index is 2.73. The van der Waals surface area contributed by atoms with Crippen molar-refractivity contribution in [3.8, 4) is 0 Å².